The molecule has 1 aliphatic rings. The number of sulfonamides is 1. The van der Waals surface area contributed by atoms with E-state index in [2.05, 4.69) is 15.4 Å². The summed E-state index contributed by atoms with van der Waals surface area (Å²) in [6.07, 6.45) is 6.75. The highest BCUT2D eigenvalue weighted by molar-refractivity contribution is 7.90. The molecule has 3 aromatic rings. The molecule has 1 aromatic carbocycles. The van der Waals surface area contributed by atoms with Gasteiger partial charge in [-0.1, -0.05) is 12.8 Å². The third kappa shape index (κ3) is 5.45. The maximum atomic E-state index is 14.7. The second-order valence-electron chi connectivity index (χ2n) is 8.77. The van der Waals surface area contributed by atoms with E-state index in [1.54, 1.807) is 12.1 Å². The first-order chi connectivity index (χ1) is 16.7. The van der Waals surface area contributed by atoms with Gasteiger partial charge >= 0.3 is 6.03 Å². The van der Waals surface area contributed by atoms with Gasteiger partial charge in [0.05, 0.1) is 12.8 Å². The zero-order valence-corrected chi connectivity index (χ0v) is 20.6. The molecule has 0 aliphatic heterocycles. The number of pyridine rings is 1. The quantitative estimate of drug-likeness (QED) is 0.479. The molecule has 9 nitrogen and oxygen atoms in total. The number of halogens is 1. The van der Waals surface area contributed by atoms with E-state index in [0.29, 0.717) is 28.3 Å². The van der Waals surface area contributed by atoms with Crippen molar-refractivity contribution < 1.29 is 22.3 Å². The van der Waals surface area contributed by atoms with Crippen molar-refractivity contribution in [2.45, 2.75) is 56.5 Å². The molecule has 0 radical (unpaired) electrons. The molecule has 35 heavy (non-hydrogen) atoms. The Balaban J connectivity index is 1.70. The van der Waals surface area contributed by atoms with E-state index in [1.165, 1.54) is 42.4 Å². The number of ether oxygens (including phenoxy) is 1. The van der Waals surface area contributed by atoms with Gasteiger partial charge in [-0.15, -0.1) is 0 Å². The standard InChI is InChI=1S/C24H28FN5O4S/c1-15(2)30-11-9-22(28-30)35(32,33)29-24(31)27-23-19(16-6-4-5-7-16)13-18(25)14-20(23)17-8-10-26-21(12-17)34-3/h8-16H,4-7H2,1-3H3,(H2,27,29,31). The summed E-state index contributed by atoms with van der Waals surface area (Å²) in [5.74, 6) is -0.0785. The number of nitrogens with zero attached hydrogens (tertiary/aromatic N) is 3. The first-order valence-electron chi connectivity index (χ1n) is 11.4. The van der Waals surface area contributed by atoms with Crippen molar-refractivity contribution in [3.63, 3.8) is 0 Å². The SMILES string of the molecule is COc1cc(-c2cc(F)cc(C3CCCC3)c2NC(=O)NS(=O)(=O)c2ccn(C(C)C)n2)ccn1. The van der Waals surface area contributed by atoms with E-state index in [1.807, 2.05) is 18.6 Å². The van der Waals surface area contributed by atoms with Crippen LogP contribution in [0.15, 0.2) is 47.8 Å². The van der Waals surface area contributed by atoms with Crippen molar-refractivity contribution in [2.24, 2.45) is 0 Å². The van der Waals surface area contributed by atoms with Crippen LogP contribution in [0.25, 0.3) is 11.1 Å². The van der Waals surface area contributed by atoms with Crippen LogP contribution in [0.2, 0.25) is 0 Å². The number of rotatable bonds is 7. The molecule has 1 fully saturated rings. The summed E-state index contributed by atoms with van der Waals surface area (Å²) < 4.78 is 49.0. The molecule has 2 aromatic heterocycles. The first kappa shape index (κ1) is 24.6. The Morgan fingerprint density at radius 1 is 1.20 bits per heavy atom. The minimum Gasteiger partial charge on any atom is -0.481 e. The summed E-state index contributed by atoms with van der Waals surface area (Å²) in [5, 5.41) is 6.45. The average molecular weight is 502 g/mol. The molecule has 1 saturated carbocycles. The fourth-order valence-corrected chi connectivity index (χ4v) is 5.15. The van der Waals surface area contributed by atoms with Crippen LogP contribution in [0.4, 0.5) is 14.9 Å². The van der Waals surface area contributed by atoms with Crippen LogP contribution in [0.5, 0.6) is 5.88 Å². The van der Waals surface area contributed by atoms with Gasteiger partial charge in [0, 0.05) is 30.1 Å². The number of methoxy groups -OCH3 is 1. The summed E-state index contributed by atoms with van der Waals surface area (Å²) in [4.78, 5) is 17.0. The van der Waals surface area contributed by atoms with E-state index < -0.39 is 21.9 Å². The average Bonchev–Trinajstić information content (AvgIpc) is 3.52. The third-order valence-electron chi connectivity index (χ3n) is 6.04. The number of hydrogen-bond acceptors (Lipinski definition) is 6. The molecule has 186 valence electrons. The van der Waals surface area contributed by atoms with Crippen LogP contribution in [-0.4, -0.2) is 36.3 Å². The lowest BCUT2D eigenvalue weighted by atomic mass is 9.91. The number of carbonyl (C=O) groups excluding carboxylic acids is 1. The summed E-state index contributed by atoms with van der Waals surface area (Å²) in [6, 6.07) is 6.35. The number of urea groups is 1. The predicted molar refractivity (Wildman–Crippen MR) is 129 cm³/mol. The van der Waals surface area contributed by atoms with Gasteiger partial charge in [-0.05, 0) is 68.0 Å². The largest absolute Gasteiger partial charge is 0.481 e. The minimum absolute atomic E-state index is 0.0409. The molecular weight excluding hydrogens is 473 g/mol. The number of amides is 2. The Morgan fingerprint density at radius 3 is 2.60 bits per heavy atom. The second-order valence-corrected chi connectivity index (χ2v) is 10.4. The predicted octanol–water partition coefficient (Wildman–Crippen LogP) is 4.84. The van der Waals surface area contributed by atoms with Gasteiger partial charge in [-0.3, -0.25) is 4.68 Å². The van der Waals surface area contributed by atoms with E-state index in [0.717, 1.165) is 25.7 Å². The van der Waals surface area contributed by atoms with Crippen molar-refractivity contribution >= 4 is 21.7 Å². The number of hydrogen-bond donors (Lipinski definition) is 2. The summed E-state index contributed by atoms with van der Waals surface area (Å²) in [5.41, 5.74) is 1.96. The van der Waals surface area contributed by atoms with Crippen molar-refractivity contribution in [1.82, 2.24) is 19.5 Å². The van der Waals surface area contributed by atoms with Crippen molar-refractivity contribution in [3.05, 3.63) is 54.1 Å². The van der Waals surface area contributed by atoms with Gasteiger partial charge in [0.1, 0.15) is 5.82 Å². The Morgan fingerprint density at radius 2 is 1.94 bits per heavy atom. The van der Waals surface area contributed by atoms with Crippen LogP contribution < -0.4 is 14.8 Å². The van der Waals surface area contributed by atoms with Crippen LogP contribution >= 0.6 is 0 Å². The highest BCUT2D eigenvalue weighted by atomic mass is 32.2. The van der Waals surface area contributed by atoms with Crippen molar-refractivity contribution in [3.8, 4) is 17.0 Å². The highest BCUT2D eigenvalue weighted by Gasteiger charge is 2.27. The third-order valence-corrected chi connectivity index (χ3v) is 7.26. The molecule has 11 heteroatoms. The molecule has 0 saturated heterocycles. The van der Waals surface area contributed by atoms with Gasteiger partial charge in [0.2, 0.25) is 5.88 Å². The monoisotopic (exact) mass is 501 g/mol. The molecule has 2 amide bonds. The van der Waals surface area contributed by atoms with E-state index in [-0.39, 0.29) is 17.0 Å². The van der Waals surface area contributed by atoms with Gasteiger partial charge in [-0.25, -0.2) is 18.9 Å². The number of carbonyl (C=O) groups is 1. The van der Waals surface area contributed by atoms with Gasteiger partial charge in [-0.2, -0.15) is 13.5 Å². The van der Waals surface area contributed by atoms with E-state index in [4.69, 9.17) is 4.74 Å². The lowest BCUT2D eigenvalue weighted by molar-refractivity contribution is 0.256. The summed E-state index contributed by atoms with van der Waals surface area (Å²) >= 11 is 0. The molecule has 2 heterocycles. The van der Waals surface area contributed by atoms with E-state index in [9.17, 15) is 17.6 Å². The number of anilines is 1. The number of aromatic nitrogens is 3. The maximum Gasteiger partial charge on any atom is 0.333 e. The van der Waals surface area contributed by atoms with E-state index >= 15 is 0 Å². The molecule has 0 atom stereocenters. The molecule has 2 N–H and O–H groups in total. The van der Waals surface area contributed by atoms with Gasteiger partial charge < -0.3 is 10.1 Å². The summed E-state index contributed by atoms with van der Waals surface area (Å²) in [6.45, 7) is 3.72. The Labute approximate surface area is 203 Å². The van der Waals surface area contributed by atoms with Crippen LogP contribution in [0.3, 0.4) is 0 Å². The minimum atomic E-state index is -4.22. The van der Waals surface area contributed by atoms with Crippen molar-refractivity contribution in [1.29, 1.82) is 0 Å². The molecule has 0 spiro atoms. The Hall–Kier alpha value is -3.47. The zero-order valence-electron chi connectivity index (χ0n) is 19.8. The van der Waals surface area contributed by atoms with Gasteiger partial charge in [0.15, 0.2) is 5.03 Å². The smallest absolute Gasteiger partial charge is 0.333 e. The molecule has 1 aliphatic carbocycles. The Bertz CT molecular complexity index is 1330. The van der Waals surface area contributed by atoms with Crippen LogP contribution in [0, 0.1) is 5.82 Å². The second kappa shape index (κ2) is 10.0. The lowest BCUT2D eigenvalue weighted by Gasteiger charge is -2.20. The number of nitrogens with one attached hydrogen (secondary N) is 2. The lowest BCUT2D eigenvalue weighted by Crippen LogP contribution is -2.35. The van der Waals surface area contributed by atoms with Crippen LogP contribution in [-0.2, 0) is 10.0 Å². The maximum absolute atomic E-state index is 14.7. The fraction of sp³-hybridized carbons (Fsp3) is 0.375. The molecule has 0 unspecified atom stereocenters. The Kier molecular flexibility index (Phi) is 7.06. The summed E-state index contributed by atoms with van der Waals surface area (Å²) in [7, 11) is -2.75. The molecule has 0 bridgehead atoms. The molecular formula is C24H28FN5O4S. The fourth-order valence-electron chi connectivity index (χ4n) is 4.31. The van der Waals surface area contributed by atoms with Crippen LogP contribution in [0.1, 0.15) is 57.1 Å². The van der Waals surface area contributed by atoms with Crippen molar-refractivity contribution in [2.75, 3.05) is 12.4 Å². The normalized spacial score (nSPS) is 14.3. The number of benzene rings is 1. The first-order valence-corrected chi connectivity index (χ1v) is 12.9. The zero-order chi connectivity index (χ0) is 25.2. The highest BCUT2D eigenvalue weighted by Crippen LogP contribution is 2.42. The topological polar surface area (TPSA) is 115 Å². The van der Waals surface area contributed by atoms with Gasteiger partial charge in [0.25, 0.3) is 10.0 Å². The molecule has 4 rings (SSSR count).